The average molecular weight is 514 g/mol. The monoisotopic (exact) mass is 513 g/mol. The Bertz CT molecular complexity index is 1330. The highest BCUT2D eigenvalue weighted by Gasteiger charge is 2.32. The number of likely N-dealkylation sites (tertiary alicyclic amines) is 1. The second-order valence-corrected chi connectivity index (χ2v) is 12.1. The zero-order valence-corrected chi connectivity index (χ0v) is 22.5. The number of hydrogen-bond acceptors (Lipinski definition) is 7. The van der Waals surface area contributed by atoms with E-state index in [-0.39, 0.29) is 17.0 Å². The molecule has 0 N–H and O–H groups in total. The third-order valence-corrected chi connectivity index (χ3v) is 7.91. The lowest BCUT2D eigenvalue weighted by molar-refractivity contribution is 0.0197. The van der Waals surface area contributed by atoms with Crippen molar-refractivity contribution >= 4 is 33.0 Å². The predicted octanol–water partition coefficient (Wildman–Crippen LogP) is 4.59. The lowest BCUT2D eigenvalue weighted by atomic mass is 10.0. The van der Waals surface area contributed by atoms with E-state index in [1.165, 1.54) is 16.5 Å². The van der Waals surface area contributed by atoms with E-state index in [1.54, 1.807) is 35.2 Å². The number of benzene rings is 1. The average Bonchev–Trinajstić information content (AvgIpc) is 3.27. The third kappa shape index (κ3) is 5.33. The number of nitrogens with zero attached hydrogens (tertiary/aromatic N) is 5. The van der Waals surface area contributed by atoms with Crippen molar-refractivity contribution in [2.45, 2.75) is 70.4 Å². The highest BCUT2D eigenvalue weighted by atomic mass is 32.2. The van der Waals surface area contributed by atoms with Gasteiger partial charge in [0.15, 0.2) is 5.65 Å². The van der Waals surface area contributed by atoms with E-state index in [9.17, 15) is 13.2 Å². The molecule has 1 unspecified atom stereocenters. The Kier molecular flexibility index (Phi) is 7.26. The molecule has 194 valence electrons. The van der Waals surface area contributed by atoms with Crippen LogP contribution >= 0.6 is 0 Å². The summed E-state index contributed by atoms with van der Waals surface area (Å²) in [5.41, 5.74) is 0.762. The van der Waals surface area contributed by atoms with Crippen LogP contribution in [0.4, 0.5) is 10.6 Å². The molecule has 0 radical (unpaired) electrons. The van der Waals surface area contributed by atoms with Crippen molar-refractivity contribution in [2.24, 2.45) is 0 Å². The van der Waals surface area contributed by atoms with Crippen molar-refractivity contribution in [1.29, 1.82) is 0 Å². The van der Waals surface area contributed by atoms with E-state index >= 15 is 0 Å². The molecule has 0 saturated carbocycles. The summed E-state index contributed by atoms with van der Waals surface area (Å²) in [6, 6.07) is 8.56. The second kappa shape index (κ2) is 10.1. The van der Waals surface area contributed by atoms with Crippen LogP contribution in [0.1, 0.15) is 52.5 Å². The minimum absolute atomic E-state index is 0.0291. The Morgan fingerprint density at radius 2 is 1.89 bits per heavy atom. The first-order valence-corrected chi connectivity index (χ1v) is 13.8. The SMILES string of the molecule is CCCN(c1ncnc2c1ccn2S(=O)(=O)c1ccc(C)cc1)C1CCCN(C(=O)OC(C)(C)C)C1. The van der Waals surface area contributed by atoms with E-state index in [0.29, 0.717) is 29.9 Å². The molecule has 1 atom stereocenters. The van der Waals surface area contributed by atoms with Gasteiger partial charge in [0.05, 0.1) is 10.3 Å². The number of hydrogen-bond donors (Lipinski definition) is 0. The maximum absolute atomic E-state index is 13.4. The Morgan fingerprint density at radius 1 is 1.17 bits per heavy atom. The lowest BCUT2D eigenvalue weighted by Gasteiger charge is -2.40. The smallest absolute Gasteiger partial charge is 0.410 e. The van der Waals surface area contributed by atoms with Gasteiger partial charge in [0.1, 0.15) is 17.7 Å². The highest BCUT2D eigenvalue weighted by Crippen LogP contribution is 2.30. The number of ether oxygens (including phenoxy) is 1. The van der Waals surface area contributed by atoms with Crippen LogP contribution < -0.4 is 4.90 Å². The van der Waals surface area contributed by atoms with Crippen LogP contribution in [0.3, 0.4) is 0 Å². The summed E-state index contributed by atoms with van der Waals surface area (Å²) in [7, 11) is -3.82. The summed E-state index contributed by atoms with van der Waals surface area (Å²) in [6.07, 6.45) is 5.25. The molecule has 1 aliphatic heterocycles. The number of piperidine rings is 1. The molecule has 36 heavy (non-hydrogen) atoms. The summed E-state index contributed by atoms with van der Waals surface area (Å²) < 4.78 is 33.6. The number of anilines is 1. The summed E-state index contributed by atoms with van der Waals surface area (Å²) in [6.45, 7) is 11.5. The molecule has 0 spiro atoms. The van der Waals surface area contributed by atoms with Crippen LogP contribution in [-0.2, 0) is 14.8 Å². The van der Waals surface area contributed by atoms with Crippen LogP contribution in [0.25, 0.3) is 11.0 Å². The predicted molar refractivity (Wildman–Crippen MR) is 140 cm³/mol. The first kappa shape index (κ1) is 25.9. The molecule has 9 nitrogen and oxygen atoms in total. The number of carbonyl (C=O) groups is 1. The minimum Gasteiger partial charge on any atom is -0.444 e. The number of carbonyl (C=O) groups excluding carboxylic acids is 1. The fourth-order valence-electron chi connectivity index (χ4n) is 4.57. The lowest BCUT2D eigenvalue weighted by Crippen LogP contribution is -2.51. The fraction of sp³-hybridized carbons (Fsp3) is 0.500. The van der Waals surface area contributed by atoms with Crippen molar-refractivity contribution < 1.29 is 17.9 Å². The zero-order valence-electron chi connectivity index (χ0n) is 21.6. The van der Waals surface area contributed by atoms with Crippen LogP contribution in [0.5, 0.6) is 0 Å². The zero-order chi connectivity index (χ0) is 26.1. The van der Waals surface area contributed by atoms with Crippen LogP contribution in [-0.4, -0.2) is 64.6 Å². The minimum atomic E-state index is -3.82. The summed E-state index contributed by atoms with van der Waals surface area (Å²) >= 11 is 0. The van der Waals surface area contributed by atoms with E-state index in [4.69, 9.17) is 4.74 Å². The fourth-order valence-corrected chi connectivity index (χ4v) is 5.87. The summed E-state index contributed by atoms with van der Waals surface area (Å²) in [5, 5.41) is 0.663. The van der Waals surface area contributed by atoms with Gasteiger partial charge < -0.3 is 14.5 Å². The largest absolute Gasteiger partial charge is 0.444 e. The van der Waals surface area contributed by atoms with Gasteiger partial charge in [0.25, 0.3) is 10.0 Å². The standard InChI is InChI=1S/C26H35N5O4S/c1-6-14-30(20-8-7-15-29(17-20)25(32)35-26(3,4)5)23-22-13-16-31(24(22)28-18-27-23)36(33,34)21-11-9-19(2)10-12-21/h9-13,16,18,20H,6-8,14-15,17H2,1-5H3. The first-order chi connectivity index (χ1) is 17.0. The van der Waals surface area contributed by atoms with Crippen molar-refractivity contribution in [1.82, 2.24) is 18.8 Å². The van der Waals surface area contributed by atoms with Crippen molar-refractivity contribution in [3.63, 3.8) is 0 Å². The molecule has 1 aliphatic rings. The molecule has 1 amide bonds. The number of rotatable bonds is 6. The van der Waals surface area contributed by atoms with Crippen LogP contribution in [0, 0.1) is 6.92 Å². The quantitative estimate of drug-likeness (QED) is 0.475. The van der Waals surface area contributed by atoms with Gasteiger partial charge in [-0.2, -0.15) is 0 Å². The molecule has 1 aromatic carbocycles. The Hall–Kier alpha value is -3.14. The molecule has 10 heteroatoms. The number of aryl methyl sites for hydroxylation is 1. The third-order valence-electron chi connectivity index (χ3n) is 6.23. The van der Waals surface area contributed by atoms with Gasteiger partial charge in [0, 0.05) is 31.9 Å². The molecule has 0 bridgehead atoms. The van der Waals surface area contributed by atoms with Gasteiger partial charge >= 0.3 is 6.09 Å². The number of fused-ring (bicyclic) bond motifs is 1. The second-order valence-electron chi connectivity index (χ2n) is 10.3. The van der Waals surface area contributed by atoms with E-state index in [2.05, 4.69) is 21.8 Å². The summed E-state index contributed by atoms with van der Waals surface area (Å²) in [5.74, 6) is 0.677. The maximum Gasteiger partial charge on any atom is 0.410 e. The first-order valence-electron chi connectivity index (χ1n) is 12.4. The van der Waals surface area contributed by atoms with Crippen molar-refractivity contribution in [3.8, 4) is 0 Å². The van der Waals surface area contributed by atoms with Crippen molar-refractivity contribution in [2.75, 3.05) is 24.5 Å². The Labute approximate surface area is 213 Å². The normalized spacial score (nSPS) is 16.8. The molecule has 4 rings (SSSR count). The van der Waals surface area contributed by atoms with E-state index < -0.39 is 15.6 Å². The molecule has 2 aromatic heterocycles. The highest BCUT2D eigenvalue weighted by molar-refractivity contribution is 7.90. The Balaban J connectivity index is 1.68. The molecule has 0 aliphatic carbocycles. The van der Waals surface area contributed by atoms with Crippen LogP contribution in [0.15, 0.2) is 47.8 Å². The van der Waals surface area contributed by atoms with Gasteiger partial charge in [0.2, 0.25) is 0 Å². The molecular formula is C26H35N5O4S. The maximum atomic E-state index is 13.4. The Morgan fingerprint density at radius 3 is 2.56 bits per heavy atom. The van der Waals surface area contributed by atoms with Gasteiger partial charge in [-0.05, 0) is 65.2 Å². The number of aromatic nitrogens is 3. The van der Waals surface area contributed by atoms with Gasteiger partial charge in [-0.15, -0.1) is 0 Å². The molecular weight excluding hydrogens is 478 g/mol. The van der Waals surface area contributed by atoms with E-state index in [0.717, 1.165) is 31.4 Å². The van der Waals surface area contributed by atoms with Gasteiger partial charge in [-0.25, -0.2) is 27.2 Å². The van der Waals surface area contributed by atoms with Crippen molar-refractivity contribution in [3.05, 3.63) is 48.4 Å². The molecule has 3 aromatic rings. The molecule has 1 fully saturated rings. The van der Waals surface area contributed by atoms with E-state index in [1.807, 2.05) is 27.7 Å². The van der Waals surface area contributed by atoms with Gasteiger partial charge in [-0.1, -0.05) is 24.6 Å². The molecule has 3 heterocycles. The van der Waals surface area contributed by atoms with Gasteiger partial charge in [-0.3, -0.25) is 0 Å². The van der Waals surface area contributed by atoms with Crippen LogP contribution in [0.2, 0.25) is 0 Å². The molecule has 1 saturated heterocycles. The topological polar surface area (TPSA) is 97.6 Å². The summed E-state index contributed by atoms with van der Waals surface area (Å²) in [4.78, 5) is 25.8. The number of amides is 1.